The van der Waals surface area contributed by atoms with Gasteiger partial charge in [0.25, 0.3) is 0 Å². The van der Waals surface area contributed by atoms with E-state index in [2.05, 4.69) is 27.1 Å². The highest BCUT2D eigenvalue weighted by molar-refractivity contribution is 5.71. The number of hydrogen-bond acceptors (Lipinski definition) is 4. The molecule has 1 aliphatic heterocycles. The minimum absolute atomic E-state index is 0.162. The van der Waals surface area contributed by atoms with E-state index in [1.807, 2.05) is 18.2 Å². The summed E-state index contributed by atoms with van der Waals surface area (Å²) < 4.78 is 4.66. The minimum Gasteiger partial charge on any atom is -0.468 e. The number of ether oxygens (including phenoxy) is 1. The van der Waals surface area contributed by atoms with E-state index in [1.165, 1.54) is 7.11 Å². The third-order valence-corrected chi connectivity index (χ3v) is 3.00. The first-order valence-corrected chi connectivity index (χ1v) is 5.88. The molecule has 0 amide bonds. The number of hydrogen-bond donors (Lipinski definition) is 1. The van der Waals surface area contributed by atoms with Crippen LogP contribution in [0.25, 0.3) is 0 Å². The first kappa shape index (κ1) is 11.9. The lowest BCUT2D eigenvalue weighted by Gasteiger charge is -2.16. The highest BCUT2D eigenvalue weighted by Gasteiger charge is 2.23. The van der Waals surface area contributed by atoms with Gasteiger partial charge in [-0.3, -0.25) is 9.69 Å². The molecule has 1 N–H and O–H groups in total. The number of esters is 1. The van der Waals surface area contributed by atoms with Gasteiger partial charge in [0, 0.05) is 24.8 Å². The van der Waals surface area contributed by atoms with Crippen molar-refractivity contribution in [2.24, 2.45) is 0 Å². The molecule has 1 aromatic rings. The molecule has 1 aromatic carbocycles. The molecule has 4 nitrogen and oxygen atoms in total. The van der Waals surface area contributed by atoms with Gasteiger partial charge in [-0.2, -0.15) is 0 Å². The zero-order valence-corrected chi connectivity index (χ0v) is 10.1. The van der Waals surface area contributed by atoms with Gasteiger partial charge < -0.3 is 10.1 Å². The molecule has 1 aliphatic rings. The van der Waals surface area contributed by atoms with Crippen molar-refractivity contribution >= 4 is 11.7 Å². The molecule has 1 atom stereocenters. The fourth-order valence-electron chi connectivity index (χ4n) is 2.11. The van der Waals surface area contributed by atoms with Gasteiger partial charge in [-0.15, -0.1) is 0 Å². The summed E-state index contributed by atoms with van der Waals surface area (Å²) in [6.07, 6.45) is 1.06. The average Bonchev–Trinajstić information content (AvgIpc) is 2.77. The van der Waals surface area contributed by atoms with E-state index < -0.39 is 0 Å². The van der Waals surface area contributed by atoms with Crippen LogP contribution in [0.3, 0.4) is 0 Å². The summed E-state index contributed by atoms with van der Waals surface area (Å²) in [7, 11) is 1.43. The van der Waals surface area contributed by atoms with Crippen LogP contribution in [0.5, 0.6) is 0 Å². The first-order valence-electron chi connectivity index (χ1n) is 5.88. The van der Waals surface area contributed by atoms with Gasteiger partial charge in [-0.25, -0.2) is 0 Å². The fraction of sp³-hybridized carbons (Fsp3) is 0.462. The Bertz CT molecular complexity index is 367. The number of nitrogens with zero attached hydrogens (tertiary/aromatic N) is 1. The summed E-state index contributed by atoms with van der Waals surface area (Å²) in [5, 5.41) is 3.47. The monoisotopic (exact) mass is 234 g/mol. The lowest BCUT2D eigenvalue weighted by atomic mass is 10.2. The van der Waals surface area contributed by atoms with Crippen molar-refractivity contribution in [3.63, 3.8) is 0 Å². The highest BCUT2D eigenvalue weighted by Crippen LogP contribution is 2.15. The van der Waals surface area contributed by atoms with E-state index in [-0.39, 0.29) is 5.97 Å². The molecule has 4 heteroatoms. The maximum atomic E-state index is 11.1. The molecular formula is C13H18N2O2. The topological polar surface area (TPSA) is 41.6 Å². The van der Waals surface area contributed by atoms with E-state index in [0.717, 1.165) is 25.2 Å². The Kier molecular flexibility index (Phi) is 3.98. The molecule has 0 bridgehead atoms. The van der Waals surface area contributed by atoms with Crippen LogP contribution < -0.4 is 5.32 Å². The summed E-state index contributed by atoms with van der Waals surface area (Å²) >= 11 is 0. The zero-order chi connectivity index (χ0) is 12.1. The van der Waals surface area contributed by atoms with Crippen LogP contribution in [0.2, 0.25) is 0 Å². The summed E-state index contributed by atoms with van der Waals surface area (Å²) in [4.78, 5) is 13.3. The lowest BCUT2D eigenvalue weighted by molar-refractivity contribution is -0.141. The quantitative estimate of drug-likeness (QED) is 0.798. The molecule has 0 aliphatic carbocycles. The number of benzene rings is 1. The molecule has 92 valence electrons. The van der Waals surface area contributed by atoms with E-state index in [1.54, 1.807) is 0 Å². The Balaban J connectivity index is 1.80. The maximum Gasteiger partial charge on any atom is 0.319 e. The second-order valence-corrected chi connectivity index (χ2v) is 4.31. The van der Waals surface area contributed by atoms with Crippen molar-refractivity contribution < 1.29 is 9.53 Å². The molecule has 2 rings (SSSR count). The highest BCUT2D eigenvalue weighted by atomic mass is 16.5. The van der Waals surface area contributed by atoms with Crippen LogP contribution in [-0.4, -0.2) is 43.7 Å². The van der Waals surface area contributed by atoms with Crippen LogP contribution in [0, 0.1) is 0 Å². The summed E-state index contributed by atoms with van der Waals surface area (Å²) in [5.74, 6) is -0.162. The molecule has 0 spiro atoms. The van der Waals surface area contributed by atoms with E-state index in [0.29, 0.717) is 12.6 Å². The minimum atomic E-state index is -0.162. The Hall–Kier alpha value is -1.55. The zero-order valence-electron chi connectivity index (χ0n) is 10.1. The van der Waals surface area contributed by atoms with E-state index in [4.69, 9.17) is 0 Å². The molecule has 1 heterocycles. The van der Waals surface area contributed by atoms with E-state index >= 15 is 0 Å². The summed E-state index contributed by atoms with van der Waals surface area (Å²) in [6.45, 7) is 2.23. The first-order chi connectivity index (χ1) is 8.28. The number of rotatable bonds is 4. The maximum absolute atomic E-state index is 11.1. The number of carbonyl (C=O) groups is 1. The Morgan fingerprint density at radius 2 is 2.24 bits per heavy atom. The fourth-order valence-corrected chi connectivity index (χ4v) is 2.11. The van der Waals surface area contributed by atoms with Crippen molar-refractivity contribution in [3.8, 4) is 0 Å². The smallest absolute Gasteiger partial charge is 0.319 e. The van der Waals surface area contributed by atoms with Crippen LogP contribution in [0.1, 0.15) is 6.42 Å². The molecule has 17 heavy (non-hydrogen) atoms. The number of para-hydroxylation sites is 1. The molecule has 1 fully saturated rings. The van der Waals surface area contributed by atoms with Gasteiger partial charge in [0.05, 0.1) is 13.7 Å². The van der Waals surface area contributed by atoms with Gasteiger partial charge in [-0.05, 0) is 18.6 Å². The van der Waals surface area contributed by atoms with Crippen molar-refractivity contribution in [3.05, 3.63) is 30.3 Å². The molecule has 1 saturated heterocycles. The van der Waals surface area contributed by atoms with Gasteiger partial charge in [0.1, 0.15) is 0 Å². The summed E-state index contributed by atoms with van der Waals surface area (Å²) in [5.41, 5.74) is 1.14. The number of methoxy groups -OCH3 is 1. The van der Waals surface area contributed by atoms with Crippen molar-refractivity contribution in [1.82, 2.24) is 4.90 Å². The summed E-state index contributed by atoms with van der Waals surface area (Å²) in [6, 6.07) is 10.6. The normalized spacial score (nSPS) is 20.2. The molecular weight excluding hydrogens is 216 g/mol. The number of carbonyl (C=O) groups excluding carboxylic acids is 1. The molecule has 0 saturated carbocycles. The van der Waals surface area contributed by atoms with Crippen LogP contribution in [-0.2, 0) is 9.53 Å². The number of likely N-dealkylation sites (tertiary alicyclic amines) is 1. The molecule has 0 aromatic heterocycles. The standard InChI is InChI=1S/C13H18N2O2/c1-17-13(16)10-15-8-7-12(9-15)14-11-5-3-2-4-6-11/h2-6,12,14H,7-10H2,1H3. The Morgan fingerprint density at radius 1 is 1.47 bits per heavy atom. The average molecular weight is 234 g/mol. The largest absolute Gasteiger partial charge is 0.468 e. The van der Waals surface area contributed by atoms with Crippen molar-refractivity contribution in [1.29, 1.82) is 0 Å². The SMILES string of the molecule is COC(=O)CN1CCC(Nc2ccccc2)C1. The van der Waals surface area contributed by atoms with Crippen LogP contribution in [0.4, 0.5) is 5.69 Å². The predicted molar refractivity (Wildman–Crippen MR) is 66.9 cm³/mol. The second-order valence-electron chi connectivity index (χ2n) is 4.31. The van der Waals surface area contributed by atoms with Gasteiger partial charge in [0.2, 0.25) is 0 Å². The van der Waals surface area contributed by atoms with E-state index in [9.17, 15) is 4.79 Å². The van der Waals surface area contributed by atoms with Gasteiger partial charge >= 0.3 is 5.97 Å². The Morgan fingerprint density at radius 3 is 2.94 bits per heavy atom. The number of anilines is 1. The van der Waals surface area contributed by atoms with Gasteiger partial charge in [-0.1, -0.05) is 18.2 Å². The van der Waals surface area contributed by atoms with Gasteiger partial charge in [0.15, 0.2) is 0 Å². The lowest BCUT2D eigenvalue weighted by Crippen LogP contribution is -2.31. The van der Waals surface area contributed by atoms with Crippen molar-refractivity contribution in [2.45, 2.75) is 12.5 Å². The molecule has 1 unspecified atom stereocenters. The third-order valence-electron chi connectivity index (χ3n) is 3.00. The number of nitrogens with one attached hydrogen (secondary N) is 1. The third kappa shape index (κ3) is 3.46. The van der Waals surface area contributed by atoms with Crippen LogP contribution >= 0.6 is 0 Å². The molecule has 0 radical (unpaired) electrons. The van der Waals surface area contributed by atoms with Crippen molar-refractivity contribution in [2.75, 3.05) is 32.1 Å². The van der Waals surface area contributed by atoms with Crippen LogP contribution in [0.15, 0.2) is 30.3 Å². The predicted octanol–water partition coefficient (Wildman–Crippen LogP) is 1.35. The Labute approximate surface area is 102 Å². The second kappa shape index (κ2) is 5.68.